The highest BCUT2D eigenvalue weighted by molar-refractivity contribution is 7.99. The van der Waals surface area contributed by atoms with Crippen LogP contribution in [0.2, 0.25) is 0 Å². The lowest BCUT2D eigenvalue weighted by molar-refractivity contribution is -0.137. The third kappa shape index (κ3) is 6.43. The van der Waals surface area contributed by atoms with Gasteiger partial charge in [0, 0.05) is 20.9 Å². The van der Waals surface area contributed by atoms with Crippen LogP contribution < -0.4 is 4.74 Å². The molecule has 0 heterocycles. The number of hydrogen-bond acceptors (Lipinski definition) is 3. The second kappa shape index (κ2) is 12.1. The number of carbonyl (C=O) groups excluding carboxylic acids is 1. The molecule has 0 aliphatic carbocycles. The summed E-state index contributed by atoms with van der Waals surface area (Å²) >= 11 is 1.55. The molecule has 0 aromatic heterocycles. The first-order chi connectivity index (χ1) is 19.3. The van der Waals surface area contributed by atoms with Crippen LogP contribution in [0, 0.1) is 0 Å². The molecule has 0 radical (unpaired) electrons. The number of ether oxygens (including phenoxy) is 1. The van der Waals surface area contributed by atoms with E-state index in [-0.39, 0.29) is 5.78 Å². The van der Waals surface area contributed by atoms with Gasteiger partial charge in [0.1, 0.15) is 5.75 Å². The van der Waals surface area contributed by atoms with Gasteiger partial charge >= 0.3 is 6.18 Å². The van der Waals surface area contributed by atoms with Crippen LogP contribution >= 0.6 is 11.8 Å². The zero-order chi connectivity index (χ0) is 28.1. The molecule has 2 nitrogen and oxygen atoms in total. The van der Waals surface area contributed by atoms with Gasteiger partial charge in [0.15, 0.2) is 20.5 Å². The van der Waals surface area contributed by atoms with Crippen molar-refractivity contribution >= 4 is 28.4 Å². The van der Waals surface area contributed by atoms with Crippen LogP contribution in [0.1, 0.15) is 21.5 Å². The molecule has 0 saturated heterocycles. The van der Waals surface area contributed by atoms with Gasteiger partial charge in [-0.25, -0.2) is 0 Å². The highest BCUT2D eigenvalue weighted by atomic mass is 32.2. The normalized spacial score (nSPS) is 12.1. The van der Waals surface area contributed by atoms with Crippen molar-refractivity contribution in [1.29, 1.82) is 0 Å². The molecule has 0 amide bonds. The van der Waals surface area contributed by atoms with Crippen molar-refractivity contribution in [3.8, 4) is 5.75 Å². The summed E-state index contributed by atoms with van der Waals surface area (Å²) in [6.07, 6.45) is -4.39. The largest absolute Gasteiger partial charge is 0.497 e. The van der Waals surface area contributed by atoms with E-state index in [2.05, 4.69) is 0 Å². The minimum absolute atomic E-state index is 0.0292. The molecule has 5 aromatic carbocycles. The molecule has 0 spiro atoms. The standard InChI is InChI=1S/C33H24F3O2S2/c1-38-26-12-18-30(19-13-26)40(29-16-10-25(11-17-29)33(34,35)36)31-20-14-27(15-21-31)39-28-9-5-8-24(22-28)32(37)23-6-3-2-4-7-23/h2-22H,1H3/q+1. The maximum atomic E-state index is 13.2. The van der Waals surface area contributed by atoms with Gasteiger partial charge in [-0.3, -0.25) is 4.79 Å². The van der Waals surface area contributed by atoms with Gasteiger partial charge in [-0.05, 0) is 84.9 Å². The van der Waals surface area contributed by atoms with Gasteiger partial charge in [0.25, 0.3) is 0 Å². The Hall–Kier alpha value is -3.94. The topological polar surface area (TPSA) is 26.3 Å². The fourth-order valence-corrected chi connectivity index (χ4v) is 7.06. The Morgan fingerprint density at radius 2 is 1.20 bits per heavy atom. The van der Waals surface area contributed by atoms with Gasteiger partial charge in [-0.1, -0.05) is 54.2 Å². The Morgan fingerprint density at radius 3 is 1.77 bits per heavy atom. The third-order valence-corrected chi connectivity index (χ3v) is 9.37. The Morgan fingerprint density at radius 1 is 0.650 bits per heavy atom. The Balaban J connectivity index is 1.41. The molecule has 200 valence electrons. The van der Waals surface area contributed by atoms with E-state index in [1.165, 1.54) is 0 Å². The number of alkyl halides is 3. The maximum Gasteiger partial charge on any atom is 0.416 e. The molecule has 1 atom stereocenters. The zero-order valence-electron chi connectivity index (χ0n) is 21.4. The fourth-order valence-electron chi connectivity index (χ4n) is 4.14. The molecular formula is C33H24F3O2S2+. The molecule has 0 saturated carbocycles. The van der Waals surface area contributed by atoms with E-state index in [9.17, 15) is 18.0 Å². The molecule has 0 bridgehead atoms. The van der Waals surface area contributed by atoms with Crippen LogP contribution in [-0.4, -0.2) is 12.9 Å². The number of rotatable bonds is 8. The van der Waals surface area contributed by atoms with Crippen molar-refractivity contribution in [3.05, 3.63) is 144 Å². The van der Waals surface area contributed by atoms with Crippen LogP contribution in [0.25, 0.3) is 0 Å². The van der Waals surface area contributed by atoms with Crippen molar-refractivity contribution in [2.24, 2.45) is 0 Å². The lowest BCUT2D eigenvalue weighted by Crippen LogP contribution is -2.08. The first-order valence-corrected chi connectivity index (χ1v) is 14.4. The predicted octanol–water partition coefficient (Wildman–Crippen LogP) is 9.19. The molecule has 0 N–H and O–H groups in total. The summed E-state index contributed by atoms with van der Waals surface area (Å²) in [7, 11) is 0.969. The van der Waals surface area contributed by atoms with Crippen LogP contribution in [0.3, 0.4) is 0 Å². The number of benzene rings is 5. The Bertz CT molecular complexity index is 1580. The van der Waals surface area contributed by atoms with Crippen molar-refractivity contribution in [1.82, 2.24) is 0 Å². The van der Waals surface area contributed by atoms with E-state index in [4.69, 9.17) is 4.74 Å². The van der Waals surface area contributed by atoms with E-state index in [1.807, 2.05) is 91.0 Å². The number of carbonyl (C=O) groups is 1. The van der Waals surface area contributed by atoms with Gasteiger partial charge in [-0.2, -0.15) is 13.2 Å². The Labute approximate surface area is 238 Å². The van der Waals surface area contributed by atoms with E-state index in [0.29, 0.717) is 16.9 Å². The smallest absolute Gasteiger partial charge is 0.416 e. The van der Waals surface area contributed by atoms with E-state index >= 15 is 0 Å². The summed E-state index contributed by atoms with van der Waals surface area (Å²) in [5.41, 5.74) is 0.591. The SMILES string of the molecule is COc1ccc([S+](c2ccc(Sc3cccc(C(=O)c4ccccc4)c3)cc2)c2ccc(C(F)(F)F)cc2)cc1. The third-order valence-electron chi connectivity index (χ3n) is 6.14. The lowest BCUT2D eigenvalue weighted by atomic mass is 10.0. The van der Waals surface area contributed by atoms with Crippen molar-refractivity contribution in [2.45, 2.75) is 30.7 Å². The molecule has 0 aliphatic rings. The van der Waals surface area contributed by atoms with Crippen molar-refractivity contribution in [2.75, 3.05) is 7.11 Å². The van der Waals surface area contributed by atoms with E-state index in [0.717, 1.165) is 36.6 Å². The molecule has 7 heteroatoms. The second-order valence-corrected chi connectivity index (χ2v) is 12.0. The van der Waals surface area contributed by atoms with Crippen LogP contribution in [0.4, 0.5) is 13.2 Å². The van der Waals surface area contributed by atoms with Crippen molar-refractivity contribution in [3.63, 3.8) is 0 Å². The summed E-state index contributed by atoms with van der Waals surface area (Å²) < 4.78 is 44.9. The fraction of sp³-hybridized carbons (Fsp3) is 0.0606. The van der Waals surface area contributed by atoms with Crippen molar-refractivity contribution < 1.29 is 22.7 Å². The van der Waals surface area contributed by atoms with Gasteiger partial charge in [0.2, 0.25) is 0 Å². The monoisotopic (exact) mass is 573 g/mol. The van der Waals surface area contributed by atoms with Gasteiger partial charge < -0.3 is 4.74 Å². The number of hydrogen-bond donors (Lipinski definition) is 0. The molecule has 1 unspecified atom stereocenters. The molecule has 40 heavy (non-hydrogen) atoms. The summed E-state index contributed by atoms with van der Waals surface area (Å²) in [5.74, 6) is 0.679. The first kappa shape index (κ1) is 27.6. The molecule has 0 aliphatic heterocycles. The quantitative estimate of drug-likeness (QED) is 0.137. The highest BCUT2D eigenvalue weighted by Gasteiger charge is 2.33. The van der Waals surface area contributed by atoms with Crippen LogP contribution in [-0.2, 0) is 17.1 Å². The van der Waals surface area contributed by atoms with Gasteiger partial charge in [0.05, 0.1) is 23.6 Å². The molecule has 5 aromatic rings. The average molecular weight is 574 g/mol. The molecular weight excluding hydrogens is 549 g/mol. The first-order valence-electron chi connectivity index (χ1n) is 12.4. The molecule has 0 fully saturated rings. The summed E-state index contributed by atoms with van der Waals surface area (Å²) in [5, 5.41) is 0. The minimum Gasteiger partial charge on any atom is -0.497 e. The van der Waals surface area contributed by atoms with Crippen LogP contribution in [0.15, 0.2) is 152 Å². The lowest BCUT2D eigenvalue weighted by Gasteiger charge is -2.11. The number of ketones is 1. The van der Waals surface area contributed by atoms with Crippen LogP contribution in [0.5, 0.6) is 5.75 Å². The van der Waals surface area contributed by atoms with E-state index in [1.54, 1.807) is 43.1 Å². The summed E-state index contributed by atoms with van der Waals surface area (Å²) in [6.45, 7) is 0. The predicted molar refractivity (Wildman–Crippen MR) is 153 cm³/mol. The Kier molecular flexibility index (Phi) is 8.33. The van der Waals surface area contributed by atoms with Gasteiger partial charge in [-0.15, -0.1) is 0 Å². The number of methoxy groups -OCH3 is 1. The number of halogens is 3. The second-order valence-electron chi connectivity index (χ2n) is 8.80. The summed E-state index contributed by atoms with van der Waals surface area (Å²) in [6, 6.07) is 37.7. The summed E-state index contributed by atoms with van der Waals surface area (Å²) in [4.78, 5) is 17.5. The molecule has 5 rings (SSSR count). The average Bonchev–Trinajstić information content (AvgIpc) is 2.98. The highest BCUT2D eigenvalue weighted by Crippen LogP contribution is 2.37. The minimum atomic E-state index is -4.39. The van der Waals surface area contributed by atoms with E-state index < -0.39 is 22.6 Å². The zero-order valence-corrected chi connectivity index (χ0v) is 23.0. The maximum absolute atomic E-state index is 13.2.